The predicted molar refractivity (Wildman–Crippen MR) is 77.3 cm³/mol. The summed E-state index contributed by atoms with van der Waals surface area (Å²) in [5.74, 6) is -1.12. The third kappa shape index (κ3) is 6.73. The van der Waals surface area contributed by atoms with Crippen LogP contribution in [-0.2, 0) is 0 Å². The third-order valence-electron chi connectivity index (χ3n) is 2.81. The maximum absolute atomic E-state index is 13.0. The van der Waals surface area contributed by atoms with Gasteiger partial charge in [-0.05, 0) is 51.7 Å². The number of nitrogens with one attached hydrogen (secondary N) is 1. The van der Waals surface area contributed by atoms with Crippen LogP contribution in [0.1, 0.15) is 39.5 Å². The minimum absolute atomic E-state index is 0.248. The molecule has 1 saturated carbocycles. The van der Waals surface area contributed by atoms with E-state index in [1.807, 2.05) is 7.05 Å². The molecule has 2 rings (SSSR count). The Kier molecular flexibility index (Phi) is 6.23. The molecule has 1 aliphatic rings. The summed E-state index contributed by atoms with van der Waals surface area (Å²) < 4.78 is 18.8. The zero-order chi connectivity index (χ0) is 15.2. The van der Waals surface area contributed by atoms with E-state index in [2.05, 4.69) is 5.32 Å². The van der Waals surface area contributed by atoms with Gasteiger partial charge in [0, 0.05) is 13.1 Å². The molecule has 1 aromatic carbocycles. The van der Waals surface area contributed by atoms with Gasteiger partial charge in [-0.2, -0.15) is 0 Å². The summed E-state index contributed by atoms with van der Waals surface area (Å²) in [6.07, 6.45) is 4.86. The summed E-state index contributed by atoms with van der Waals surface area (Å²) in [5, 5.41) is 19.2. The van der Waals surface area contributed by atoms with E-state index in [0.29, 0.717) is 5.75 Å². The Hall–Kier alpha value is -1.33. The fourth-order valence-electron chi connectivity index (χ4n) is 1.99. The van der Waals surface area contributed by atoms with Crippen molar-refractivity contribution in [2.24, 2.45) is 0 Å². The summed E-state index contributed by atoms with van der Waals surface area (Å²) in [6, 6.07) is 4.59. The Balaban J connectivity index is 0.000000347. The first-order valence-corrected chi connectivity index (χ1v) is 6.88. The van der Waals surface area contributed by atoms with Gasteiger partial charge in [0.2, 0.25) is 0 Å². The molecule has 0 heterocycles. The Morgan fingerprint density at radius 1 is 1.25 bits per heavy atom. The van der Waals surface area contributed by atoms with Crippen LogP contribution >= 0.6 is 0 Å². The van der Waals surface area contributed by atoms with Gasteiger partial charge in [-0.25, -0.2) is 4.39 Å². The van der Waals surface area contributed by atoms with E-state index in [-0.39, 0.29) is 11.9 Å². The molecular weight excluding hydrogens is 261 g/mol. The van der Waals surface area contributed by atoms with E-state index in [1.165, 1.54) is 38.8 Å². The van der Waals surface area contributed by atoms with Gasteiger partial charge in [0.15, 0.2) is 5.79 Å². The average molecular weight is 285 g/mol. The number of hydrogen-bond acceptors (Lipinski definition) is 4. The van der Waals surface area contributed by atoms with Crippen LogP contribution in [0.4, 0.5) is 10.1 Å². The molecule has 0 amide bonds. The van der Waals surface area contributed by atoms with Crippen molar-refractivity contribution in [1.82, 2.24) is 0 Å². The lowest BCUT2D eigenvalue weighted by atomic mass is 10.2. The fourth-order valence-corrected chi connectivity index (χ4v) is 1.99. The smallest absolute Gasteiger partial charge is 0.156 e. The minimum atomic E-state index is -1.50. The number of hydrogen-bond donors (Lipinski definition) is 3. The van der Waals surface area contributed by atoms with Crippen LogP contribution < -0.4 is 10.1 Å². The quantitative estimate of drug-likeness (QED) is 0.747. The van der Waals surface area contributed by atoms with Gasteiger partial charge < -0.3 is 20.3 Å². The summed E-state index contributed by atoms with van der Waals surface area (Å²) in [5.41, 5.74) is 0.850. The van der Waals surface area contributed by atoms with Gasteiger partial charge in [0.25, 0.3) is 0 Å². The molecule has 0 radical (unpaired) electrons. The highest BCUT2D eigenvalue weighted by Crippen LogP contribution is 2.30. The van der Waals surface area contributed by atoms with Crippen molar-refractivity contribution >= 4 is 5.69 Å². The molecule has 4 nitrogen and oxygen atoms in total. The van der Waals surface area contributed by atoms with Crippen LogP contribution in [0, 0.1) is 5.82 Å². The molecule has 0 unspecified atom stereocenters. The molecule has 0 aromatic heterocycles. The van der Waals surface area contributed by atoms with Crippen molar-refractivity contribution in [3.63, 3.8) is 0 Å². The third-order valence-corrected chi connectivity index (χ3v) is 2.81. The lowest BCUT2D eigenvalue weighted by Crippen LogP contribution is -2.15. The number of benzene rings is 1. The topological polar surface area (TPSA) is 61.7 Å². The first-order valence-electron chi connectivity index (χ1n) is 6.88. The summed E-state index contributed by atoms with van der Waals surface area (Å²) in [4.78, 5) is 0. The lowest BCUT2D eigenvalue weighted by Gasteiger charge is -2.16. The molecular formula is C15H24FNO3. The highest BCUT2D eigenvalue weighted by Gasteiger charge is 2.18. The summed E-state index contributed by atoms with van der Waals surface area (Å²) in [7, 11) is 1.81. The van der Waals surface area contributed by atoms with Crippen LogP contribution in [0.3, 0.4) is 0 Å². The van der Waals surface area contributed by atoms with Crippen LogP contribution in [0.15, 0.2) is 18.2 Å². The Labute approximate surface area is 119 Å². The van der Waals surface area contributed by atoms with Gasteiger partial charge in [0.05, 0.1) is 11.8 Å². The number of anilines is 1. The standard InChI is InChI=1S/C12H16FNO.C3H8O2/c1-14-11-7-6-9(13)8-12(11)15-10-4-2-3-5-10;1-3(2,4)5/h6-8,10,14H,2-5H2,1H3;4-5H,1-2H3. The second-order valence-electron chi connectivity index (χ2n) is 5.41. The van der Waals surface area contributed by atoms with Crippen molar-refractivity contribution in [1.29, 1.82) is 0 Å². The van der Waals surface area contributed by atoms with Crippen molar-refractivity contribution in [2.75, 3.05) is 12.4 Å². The van der Waals surface area contributed by atoms with E-state index >= 15 is 0 Å². The summed E-state index contributed by atoms with van der Waals surface area (Å²) >= 11 is 0. The molecule has 5 heteroatoms. The highest BCUT2D eigenvalue weighted by molar-refractivity contribution is 5.56. The molecule has 1 aromatic rings. The Morgan fingerprint density at radius 3 is 2.30 bits per heavy atom. The molecule has 0 spiro atoms. The van der Waals surface area contributed by atoms with Crippen LogP contribution in [0.2, 0.25) is 0 Å². The zero-order valence-corrected chi connectivity index (χ0v) is 12.3. The summed E-state index contributed by atoms with van der Waals surface area (Å²) in [6.45, 7) is 2.60. The number of ether oxygens (including phenoxy) is 1. The Bertz CT molecular complexity index is 406. The monoisotopic (exact) mass is 285 g/mol. The lowest BCUT2D eigenvalue weighted by molar-refractivity contribution is -0.127. The zero-order valence-electron chi connectivity index (χ0n) is 12.3. The molecule has 1 fully saturated rings. The maximum Gasteiger partial charge on any atom is 0.156 e. The first kappa shape index (κ1) is 16.7. The second-order valence-corrected chi connectivity index (χ2v) is 5.41. The molecule has 20 heavy (non-hydrogen) atoms. The van der Waals surface area contributed by atoms with Crippen LogP contribution in [0.5, 0.6) is 5.75 Å². The van der Waals surface area contributed by atoms with E-state index in [0.717, 1.165) is 18.5 Å². The predicted octanol–water partition coefficient (Wildman–Crippen LogP) is 2.90. The molecule has 0 aliphatic heterocycles. The molecule has 0 atom stereocenters. The van der Waals surface area contributed by atoms with Crippen molar-refractivity contribution in [3.8, 4) is 5.75 Å². The molecule has 114 valence electrons. The van der Waals surface area contributed by atoms with E-state index in [1.54, 1.807) is 6.07 Å². The van der Waals surface area contributed by atoms with Gasteiger partial charge >= 0.3 is 0 Å². The number of aliphatic hydroxyl groups is 2. The highest BCUT2D eigenvalue weighted by atomic mass is 19.1. The second kappa shape index (κ2) is 7.45. The van der Waals surface area contributed by atoms with Crippen molar-refractivity contribution in [3.05, 3.63) is 24.0 Å². The van der Waals surface area contributed by atoms with Gasteiger partial charge in [-0.15, -0.1) is 0 Å². The van der Waals surface area contributed by atoms with Gasteiger partial charge in [-0.3, -0.25) is 0 Å². The van der Waals surface area contributed by atoms with Crippen molar-refractivity contribution in [2.45, 2.75) is 51.4 Å². The normalized spacial score (nSPS) is 15.5. The SMILES string of the molecule is CC(C)(O)O.CNc1ccc(F)cc1OC1CCCC1. The average Bonchev–Trinajstić information content (AvgIpc) is 2.80. The fraction of sp³-hybridized carbons (Fsp3) is 0.600. The largest absolute Gasteiger partial charge is 0.488 e. The van der Waals surface area contributed by atoms with E-state index in [9.17, 15) is 4.39 Å². The van der Waals surface area contributed by atoms with E-state index in [4.69, 9.17) is 14.9 Å². The molecule has 3 N–H and O–H groups in total. The number of halogens is 1. The van der Waals surface area contributed by atoms with Crippen LogP contribution in [-0.4, -0.2) is 29.2 Å². The number of rotatable bonds is 3. The van der Waals surface area contributed by atoms with Gasteiger partial charge in [0.1, 0.15) is 11.6 Å². The first-order chi connectivity index (χ1) is 9.29. The molecule has 0 bridgehead atoms. The molecule has 1 aliphatic carbocycles. The van der Waals surface area contributed by atoms with Crippen molar-refractivity contribution < 1.29 is 19.3 Å². The van der Waals surface area contributed by atoms with Gasteiger partial charge in [-0.1, -0.05) is 0 Å². The minimum Gasteiger partial charge on any atom is -0.488 e. The van der Waals surface area contributed by atoms with Crippen LogP contribution in [0.25, 0.3) is 0 Å². The van der Waals surface area contributed by atoms with E-state index < -0.39 is 5.79 Å². The molecule has 0 saturated heterocycles. The maximum atomic E-state index is 13.0. The Morgan fingerprint density at radius 2 is 1.80 bits per heavy atom.